The van der Waals surface area contributed by atoms with Crippen LogP contribution in [-0.2, 0) is 26.0 Å². The summed E-state index contributed by atoms with van der Waals surface area (Å²) in [5.41, 5.74) is 1.76. The molecule has 7 heteroatoms. The topological polar surface area (TPSA) is 60.4 Å². The molecule has 1 unspecified atom stereocenters. The first-order valence-corrected chi connectivity index (χ1v) is 9.38. The van der Waals surface area contributed by atoms with Gasteiger partial charge in [-0.3, -0.25) is 0 Å². The van der Waals surface area contributed by atoms with E-state index >= 15 is 0 Å². The van der Waals surface area contributed by atoms with E-state index in [0.29, 0.717) is 23.1 Å². The summed E-state index contributed by atoms with van der Waals surface area (Å²) in [5.74, 6) is -2.04. The van der Waals surface area contributed by atoms with Crippen LogP contribution in [0, 0.1) is 11.6 Å². The van der Waals surface area contributed by atoms with E-state index in [1.807, 2.05) is 6.92 Å². The SMILES string of the molecule is CCC1OC(=O)C(c2ccc(F)cc2)=C1c1ccc(C[SH](=O)=O)c(F)c1. The van der Waals surface area contributed by atoms with Gasteiger partial charge in [0.05, 0.1) is 11.3 Å². The normalized spacial score (nSPS) is 17.1. The first-order valence-electron chi connectivity index (χ1n) is 8.02. The zero-order valence-electron chi connectivity index (χ0n) is 13.9. The number of esters is 1. The number of ether oxygens (including phenoxy) is 1. The van der Waals surface area contributed by atoms with Crippen molar-refractivity contribution in [2.24, 2.45) is 0 Å². The molecule has 1 aliphatic heterocycles. The molecule has 0 aliphatic carbocycles. The highest BCUT2D eigenvalue weighted by Gasteiger charge is 2.34. The van der Waals surface area contributed by atoms with Gasteiger partial charge in [-0.15, -0.1) is 0 Å². The second-order valence-corrected chi connectivity index (χ2v) is 6.88. The van der Waals surface area contributed by atoms with Crippen molar-refractivity contribution in [1.82, 2.24) is 0 Å². The number of cyclic esters (lactones) is 1. The van der Waals surface area contributed by atoms with Crippen molar-refractivity contribution < 1.29 is 26.7 Å². The van der Waals surface area contributed by atoms with Gasteiger partial charge in [-0.25, -0.2) is 22.0 Å². The molecule has 0 radical (unpaired) electrons. The van der Waals surface area contributed by atoms with Crippen molar-refractivity contribution in [2.45, 2.75) is 25.2 Å². The number of thiol groups is 1. The number of hydrogen-bond acceptors (Lipinski definition) is 4. The lowest BCUT2D eigenvalue weighted by Crippen LogP contribution is -2.09. The number of hydrogen-bond donors (Lipinski definition) is 1. The van der Waals surface area contributed by atoms with E-state index in [1.54, 1.807) is 6.07 Å². The first kappa shape index (κ1) is 18.3. The summed E-state index contributed by atoms with van der Waals surface area (Å²) in [7, 11) is -2.75. The summed E-state index contributed by atoms with van der Waals surface area (Å²) in [4.78, 5) is 12.4. The van der Waals surface area contributed by atoms with Crippen LogP contribution in [-0.4, -0.2) is 20.5 Å². The predicted octanol–water partition coefficient (Wildman–Crippen LogP) is 3.32. The van der Waals surface area contributed by atoms with Gasteiger partial charge in [0.15, 0.2) is 0 Å². The molecular formula is C19H16F2O4S. The number of rotatable bonds is 5. The number of halogens is 2. The number of carbonyl (C=O) groups is 1. The second kappa shape index (κ2) is 7.37. The standard InChI is InChI=1S/C19H16F2O4S/c1-2-16-17(12-3-4-13(10-26(23)24)15(21)9-12)18(19(22)25-16)11-5-7-14(20)8-6-11/h3-9,16,26H,2,10H2,1H3. The molecule has 0 fully saturated rings. The Morgan fingerprint density at radius 2 is 1.69 bits per heavy atom. The Morgan fingerprint density at radius 3 is 2.27 bits per heavy atom. The molecule has 0 saturated heterocycles. The highest BCUT2D eigenvalue weighted by Crippen LogP contribution is 2.39. The van der Waals surface area contributed by atoms with Gasteiger partial charge >= 0.3 is 5.97 Å². The van der Waals surface area contributed by atoms with Gasteiger partial charge in [-0.1, -0.05) is 31.2 Å². The molecule has 2 aromatic carbocycles. The molecule has 0 aromatic heterocycles. The van der Waals surface area contributed by atoms with Crippen LogP contribution >= 0.6 is 0 Å². The fourth-order valence-corrected chi connectivity index (χ4v) is 3.54. The minimum Gasteiger partial charge on any atom is -0.454 e. The predicted molar refractivity (Wildman–Crippen MR) is 93.8 cm³/mol. The Morgan fingerprint density at radius 1 is 1.04 bits per heavy atom. The van der Waals surface area contributed by atoms with Gasteiger partial charge in [-0.05, 0) is 35.7 Å². The van der Waals surface area contributed by atoms with Gasteiger partial charge in [0, 0.05) is 11.1 Å². The second-order valence-electron chi connectivity index (χ2n) is 5.89. The van der Waals surface area contributed by atoms with Crippen LogP contribution in [0.4, 0.5) is 8.78 Å². The van der Waals surface area contributed by atoms with Crippen molar-refractivity contribution >= 4 is 27.8 Å². The summed E-state index contributed by atoms with van der Waals surface area (Å²) in [6, 6.07) is 9.58. The van der Waals surface area contributed by atoms with Crippen molar-refractivity contribution in [3.05, 3.63) is 70.8 Å². The molecule has 0 amide bonds. The maximum Gasteiger partial charge on any atom is 0.339 e. The molecule has 0 spiro atoms. The van der Waals surface area contributed by atoms with Crippen molar-refractivity contribution in [3.8, 4) is 0 Å². The quantitative estimate of drug-likeness (QED) is 0.641. The molecule has 4 nitrogen and oxygen atoms in total. The monoisotopic (exact) mass is 378 g/mol. The zero-order valence-corrected chi connectivity index (χ0v) is 14.8. The van der Waals surface area contributed by atoms with E-state index in [-0.39, 0.29) is 11.1 Å². The average molecular weight is 378 g/mol. The fourth-order valence-electron chi connectivity index (χ4n) is 3.01. The molecule has 1 aliphatic rings. The fraction of sp³-hybridized carbons (Fsp3) is 0.211. The Bertz CT molecular complexity index is 954. The summed E-state index contributed by atoms with van der Waals surface area (Å²) in [6.45, 7) is 1.83. The molecule has 0 N–H and O–H groups in total. The van der Waals surface area contributed by atoms with Crippen molar-refractivity contribution in [1.29, 1.82) is 0 Å². The molecule has 1 atom stereocenters. The molecule has 0 saturated carbocycles. The molecule has 136 valence electrons. The van der Waals surface area contributed by atoms with Crippen LogP contribution in [0.1, 0.15) is 30.0 Å². The van der Waals surface area contributed by atoms with Gasteiger partial charge in [0.2, 0.25) is 0 Å². The van der Waals surface area contributed by atoms with Crippen LogP contribution in [0.5, 0.6) is 0 Å². The maximum absolute atomic E-state index is 14.3. The Kier molecular flexibility index (Phi) is 5.18. The lowest BCUT2D eigenvalue weighted by Gasteiger charge is -2.13. The molecule has 3 rings (SSSR count). The average Bonchev–Trinajstić information content (AvgIpc) is 2.93. The van der Waals surface area contributed by atoms with Crippen LogP contribution in [0.2, 0.25) is 0 Å². The van der Waals surface area contributed by atoms with Crippen molar-refractivity contribution in [3.63, 3.8) is 0 Å². The van der Waals surface area contributed by atoms with Gasteiger partial charge in [-0.2, -0.15) is 0 Å². The van der Waals surface area contributed by atoms with E-state index in [2.05, 4.69) is 0 Å². The highest BCUT2D eigenvalue weighted by atomic mass is 32.2. The van der Waals surface area contributed by atoms with Gasteiger partial charge in [0.1, 0.15) is 28.4 Å². The molecule has 1 heterocycles. The smallest absolute Gasteiger partial charge is 0.339 e. The maximum atomic E-state index is 14.3. The lowest BCUT2D eigenvalue weighted by molar-refractivity contribution is -0.137. The van der Waals surface area contributed by atoms with Gasteiger partial charge < -0.3 is 4.74 Å². The highest BCUT2D eigenvalue weighted by molar-refractivity contribution is 7.71. The van der Waals surface area contributed by atoms with E-state index in [4.69, 9.17) is 4.74 Å². The molecule has 26 heavy (non-hydrogen) atoms. The third-order valence-electron chi connectivity index (χ3n) is 4.21. The van der Waals surface area contributed by atoms with Gasteiger partial charge in [0.25, 0.3) is 0 Å². The van der Waals surface area contributed by atoms with Crippen molar-refractivity contribution in [2.75, 3.05) is 0 Å². The van der Waals surface area contributed by atoms with E-state index in [1.165, 1.54) is 36.4 Å². The molecule has 2 aromatic rings. The lowest BCUT2D eigenvalue weighted by atomic mass is 9.91. The Labute approximate surface area is 151 Å². The summed E-state index contributed by atoms with van der Waals surface area (Å²) in [6.07, 6.45) is -0.0642. The summed E-state index contributed by atoms with van der Waals surface area (Å²) in [5, 5.41) is 0. The minimum absolute atomic E-state index is 0.0621. The number of benzene rings is 2. The van der Waals surface area contributed by atoms with E-state index in [9.17, 15) is 22.0 Å². The molecular weight excluding hydrogens is 362 g/mol. The van der Waals surface area contributed by atoms with E-state index < -0.39 is 40.2 Å². The zero-order chi connectivity index (χ0) is 18.8. The van der Waals surface area contributed by atoms with Crippen LogP contribution in [0.15, 0.2) is 42.5 Å². The summed E-state index contributed by atoms with van der Waals surface area (Å²) < 4.78 is 54.6. The van der Waals surface area contributed by atoms with Crippen LogP contribution < -0.4 is 0 Å². The van der Waals surface area contributed by atoms with Crippen LogP contribution in [0.25, 0.3) is 11.1 Å². The third-order valence-corrected chi connectivity index (χ3v) is 4.81. The van der Waals surface area contributed by atoms with Crippen LogP contribution in [0.3, 0.4) is 0 Å². The first-order chi connectivity index (χ1) is 12.4. The largest absolute Gasteiger partial charge is 0.454 e. The molecule has 0 bridgehead atoms. The van der Waals surface area contributed by atoms with E-state index in [0.717, 1.165) is 0 Å². The Balaban J connectivity index is 2.15. The number of carbonyl (C=O) groups excluding carboxylic acids is 1. The minimum atomic E-state index is -2.75. The summed E-state index contributed by atoms with van der Waals surface area (Å²) >= 11 is 0. The Hall–Kier alpha value is -2.54. The third kappa shape index (κ3) is 3.53.